The first-order valence-electron chi connectivity index (χ1n) is 8.82. The molecule has 0 saturated heterocycles. The third kappa shape index (κ3) is 7.74. The van der Waals surface area contributed by atoms with Gasteiger partial charge in [-0.2, -0.15) is 13.2 Å². The van der Waals surface area contributed by atoms with Gasteiger partial charge in [0.15, 0.2) is 0 Å². The van der Waals surface area contributed by atoms with Crippen LogP contribution in [0.3, 0.4) is 0 Å². The van der Waals surface area contributed by atoms with Gasteiger partial charge in [0, 0.05) is 6.61 Å². The van der Waals surface area contributed by atoms with Crippen molar-refractivity contribution >= 4 is 5.91 Å². The molecule has 0 spiro atoms. The first-order valence-corrected chi connectivity index (χ1v) is 8.82. The van der Waals surface area contributed by atoms with Crippen molar-refractivity contribution in [3.8, 4) is 0 Å². The monoisotopic (exact) mass is 375 g/mol. The normalized spacial score (nSPS) is 14.3. The molecular formula is C19H28F3NO3. The highest BCUT2D eigenvalue weighted by Gasteiger charge is 2.31. The number of ether oxygens (including phenoxy) is 2. The van der Waals surface area contributed by atoms with Crippen LogP contribution in [-0.4, -0.2) is 31.8 Å². The van der Waals surface area contributed by atoms with E-state index in [1.165, 1.54) is 6.07 Å². The van der Waals surface area contributed by atoms with Gasteiger partial charge in [-0.3, -0.25) is 4.79 Å². The minimum absolute atomic E-state index is 0.198. The summed E-state index contributed by atoms with van der Waals surface area (Å²) in [5, 5.41) is 2.81. The molecule has 1 amide bonds. The van der Waals surface area contributed by atoms with Gasteiger partial charge in [0.05, 0.1) is 24.8 Å². The molecule has 1 aromatic rings. The molecule has 0 aliphatic carbocycles. The zero-order chi connectivity index (χ0) is 19.7. The van der Waals surface area contributed by atoms with Crippen LogP contribution in [0.15, 0.2) is 24.3 Å². The van der Waals surface area contributed by atoms with E-state index in [1.54, 1.807) is 13.0 Å². The number of hydrogen-bond donors (Lipinski definition) is 1. The maximum atomic E-state index is 13.0. The van der Waals surface area contributed by atoms with Gasteiger partial charge >= 0.3 is 6.18 Å². The van der Waals surface area contributed by atoms with E-state index in [2.05, 4.69) is 5.32 Å². The lowest BCUT2D eigenvalue weighted by Crippen LogP contribution is -2.38. The number of hydrogen-bond acceptors (Lipinski definition) is 3. The Bertz CT molecular complexity index is 561. The van der Waals surface area contributed by atoms with Crippen LogP contribution in [0, 0.1) is 5.92 Å². The van der Waals surface area contributed by atoms with Crippen LogP contribution in [-0.2, 0) is 20.4 Å². The molecule has 0 bridgehead atoms. The summed E-state index contributed by atoms with van der Waals surface area (Å²) in [5.74, 6) is -0.159. The van der Waals surface area contributed by atoms with E-state index in [1.807, 2.05) is 20.8 Å². The van der Waals surface area contributed by atoms with Gasteiger partial charge < -0.3 is 14.8 Å². The van der Waals surface area contributed by atoms with Crippen molar-refractivity contribution in [3.05, 3.63) is 35.4 Å². The van der Waals surface area contributed by atoms with Crippen LogP contribution in [0.4, 0.5) is 13.2 Å². The molecule has 148 valence electrons. The number of nitrogens with one attached hydrogen (secondary N) is 1. The van der Waals surface area contributed by atoms with Crippen LogP contribution in [0.25, 0.3) is 0 Å². The molecule has 0 aromatic heterocycles. The highest BCUT2D eigenvalue weighted by molar-refractivity contribution is 5.80. The van der Waals surface area contributed by atoms with Crippen molar-refractivity contribution in [2.24, 2.45) is 5.92 Å². The Morgan fingerprint density at radius 1 is 1.19 bits per heavy atom. The van der Waals surface area contributed by atoms with Crippen molar-refractivity contribution in [2.45, 2.75) is 52.4 Å². The average Bonchev–Trinajstić information content (AvgIpc) is 2.56. The predicted molar refractivity (Wildman–Crippen MR) is 93.7 cm³/mol. The summed E-state index contributed by atoms with van der Waals surface area (Å²) in [6.07, 6.45) is -4.60. The van der Waals surface area contributed by atoms with Crippen molar-refractivity contribution in [1.82, 2.24) is 5.32 Å². The summed E-state index contributed by atoms with van der Waals surface area (Å²) in [4.78, 5) is 12.4. The van der Waals surface area contributed by atoms with E-state index in [0.717, 1.165) is 12.1 Å². The highest BCUT2D eigenvalue weighted by Crippen LogP contribution is 2.32. The Labute approximate surface area is 153 Å². The topological polar surface area (TPSA) is 47.6 Å². The fourth-order valence-corrected chi connectivity index (χ4v) is 2.47. The first kappa shape index (κ1) is 22.4. The maximum absolute atomic E-state index is 13.0. The second-order valence-electron chi connectivity index (χ2n) is 6.52. The van der Waals surface area contributed by atoms with Gasteiger partial charge in [-0.05, 0) is 43.9 Å². The predicted octanol–water partition coefficient (Wildman–Crippen LogP) is 4.35. The molecule has 0 heterocycles. The third-order valence-corrected chi connectivity index (χ3v) is 3.81. The lowest BCUT2D eigenvalue weighted by molar-refractivity contribution is -0.137. The van der Waals surface area contributed by atoms with Gasteiger partial charge in [0.2, 0.25) is 5.91 Å². The molecule has 2 unspecified atom stereocenters. The van der Waals surface area contributed by atoms with Crippen molar-refractivity contribution in [3.63, 3.8) is 0 Å². The summed E-state index contributed by atoms with van der Waals surface area (Å²) in [7, 11) is 0. The van der Waals surface area contributed by atoms with Crippen molar-refractivity contribution in [2.75, 3.05) is 19.8 Å². The molecule has 0 radical (unpaired) electrons. The number of halogens is 3. The molecule has 7 heteroatoms. The Morgan fingerprint density at radius 2 is 1.88 bits per heavy atom. The van der Waals surface area contributed by atoms with Crippen LogP contribution in [0.1, 0.15) is 51.3 Å². The van der Waals surface area contributed by atoms with Crippen molar-refractivity contribution in [1.29, 1.82) is 0 Å². The summed E-state index contributed by atoms with van der Waals surface area (Å²) in [6.45, 7) is 8.61. The summed E-state index contributed by atoms with van der Waals surface area (Å²) >= 11 is 0. The van der Waals surface area contributed by atoms with Gasteiger partial charge in [0.1, 0.15) is 6.10 Å². The zero-order valence-corrected chi connectivity index (χ0v) is 15.7. The average molecular weight is 375 g/mol. The second kappa shape index (κ2) is 10.5. The first-order chi connectivity index (χ1) is 12.1. The van der Waals surface area contributed by atoms with E-state index in [0.29, 0.717) is 25.2 Å². The Hall–Kier alpha value is -1.60. The van der Waals surface area contributed by atoms with Crippen LogP contribution >= 0.6 is 0 Å². The summed E-state index contributed by atoms with van der Waals surface area (Å²) < 4.78 is 49.5. The number of amides is 1. The number of carbonyl (C=O) groups is 1. The minimum atomic E-state index is -4.42. The molecule has 0 aliphatic rings. The lowest BCUT2D eigenvalue weighted by atomic mass is 9.95. The SMILES string of the molecule is CCOCCOC(C)C(=O)NC(CC(C)C)c1cccc(C(F)(F)F)c1. The number of benzene rings is 1. The largest absolute Gasteiger partial charge is 0.416 e. The smallest absolute Gasteiger partial charge is 0.379 e. The lowest BCUT2D eigenvalue weighted by Gasteiger charge is -2.24. The Morgan fingerprint density at radius 3 is 2.46 bits per heavy atom. The van der Waals surface area contributed by atoms with Crippen molar-refractivity contribution < 1.29 is 27.4 Å². The molecule has 26 heavy (non-hydrogen) atoms. The molecule has 2 atom stereocenters. The zero-order valence-electron chi connectivity index (χ0n) is 15.7. The van der Waals surface area contributed by atoms with E-state index in [4.69, 9.17) is 9.47 Å². The molecule has 1 rings (SSSR count). The molecule has 1 N–H and O–H groups in total. The van der Waals surface area contributed by atoms with Gasteiger partial charge in [-0.1, -0.05) is 26.0 Å². The molecule has 0 saturated carbocycles. The van der Waals surface area contributed by atoms with Gasteiger partial charge in [-0.25, -0.2) is 0 Å². The molecule has 0 aliphatic heterocycles. The molecule has 1 aromatic carbocycles. The number of alkyl halides is 3. The highest BCUT2D eigenvalue weighted by atomic mass is 19.4. The van der Waals surface area contributed by atoms with Crippen LogP contribution in [0.2, 0.25) is 0 Å². The number of carbonyl (C=O) groups excluding carboxylic acids is 1. The van der Waals surface area contributed by atoms with Crippen LogP contribution in [0.5, 0.6) is 0 Å². The van der Waals surface area contributed by atoms with E-state index in [9.17, 15) is 18.0 Å². The molecule has 0 fully saturated rings. The molecule has 4 nitrogen and oxygen atoms in total. The minimum Gasteiger partial charge on any atom is -0.379 e. The van der Waals surface area contributed by atoms with Gasteiger partial charge in [0.25, 0.3) is 0 Å². The molecular weight excluding hydrogens is 347 g/mol. The van der Waals surface area contributed by atoms with E-state index < -0.39 is 23.9 Å². The fourth-order valence-electron chi connectivity index (χ4n) is 2.47. The van der Waals surface area contributed by atoms with E-state index in [-0.39, 0.29) is 18.4 Å². The summed E-state index contributed by atoms with van der Waals surface area (Å²) in [5.41, 5.74) is -0.289. The van der Waals surface area contributed by atoms with Crippen LogP contribution < -0.4 is 5.32 Å². The second-order valence-corrected chi connectivity index (χ2v) is 6.52. The standard InChI is InChI=1S/C19H28F3NO3/c1-5-25-9-10-26-14(4)18(24)23-17(11-13(2)3)15-7-6-8-16(12-15)19(20,21)22/h6-8,12-14,17H,5,9-11H2,1-4H3,(H,23,24). The third-order valence-electron chi connectivity index (χ3n) is 3.81. The summed E-state index contributed by atoms with van der Waals surface area (Å²) in [6, 6.07) is 4.57. The number of rotatable bonds is 10. The van der Waals surface area contributed by atoms with Gasteiger partial charge in [-0.15, -0.1) is 0 Å². The Kier molecular flexibility index (Phi) is 9.08. The Balaban J connectivity index is 2.82. The fraction of sp³-hybridized carbons (Fsp3) is 0.632. The maximum Gasteiger partial charge on any atom is 0.416 e. The van der Waals surface area contributed by atoms with E-state index >= 15 is 0 Å². The quantitative estimate of drug-likeness (QED) is 0.619.